The van der Waals surface area contributed by atoms with Gasteiger partial charge in [0.1, 0.15) is 0 Å². The van der Waals surface area contributed by atoms with Crippen LogP contribution in [0.5, 0.6) is 0 Å². The Balaban J connectivity index is 1.82. The van der Waals surface area contributed by atoms with Crippen molar-refractivity contribution in [2.24, 2.45) is 11.3 Å². The minimum Gasteiger partial charge on any atom is -0.480 e. The second kappa shape index (κ2) is 5.01. The van der Waals surface area contributed by atoms with Gasteiger partial charge in [-0.3, -0.25) is 9.59 Å². The van der Waals surface area contributed by atoms with Crippen LogP contribution in [0.3, 0.4) is 0 Å². The first kappa shape index (κ1) is 12.3. The Bertz CT molecular complexity index is 307. The molecule has 0 bridgehead atoms. The van der Waals surface area contributed by atoms with E-state index in [1.54, 1.807) is 0 Å². The number of aliphatic carboxylic acids is 1. The molecule has 0 aliphatic carbocycles. The van der Waals surface area contributed by atoms with E-state index in [-0.39, 0.29) is 13.2 Å². The fourth-order valence-electron chi connectivity index (χ4n) is 2.01. The molecule has 2 heterocycles. The Kier molecular flexibility index (Phi) is 3.63. The number of rotatable bonds is 4. The highest BCUT2D eigenvalue weighted by molar-refractivity contribution is 6.03. The lowest BCUT2D eigenvalue weighted by atomic mass is 9.85. The first-order valence-corrected chi connectivity index (χ1v) is 5.82. The van der Waals surface area contributed by atoms with Gasteiger partial charge in [0.25, 0.3) is 0 Å². The van der Waals surface area contributed by atoms with Crippen molar-refractivity contribution in [3.63, 3.8) is 0 Å². The monoisotopic (exact) mass is 243 g/mol. The highest BCUT2D eigenvalue weighted by atomic mass is 16.5. The van der Waals surface area contributed by atoms with Gasteiger partial charge in [-0.15, -0.1) is 0 Å². The maximum absolute atomic E-state index is 11.8. The molecule has 0 saturated carbocycles. The molecule has 2 aliphatic rings. The average molecular weight is 243 g/mol. The van der Waals surface area contributed by atoms with Crippen LogP contribution < -0.4 is 5.32 Å². The zero-order valence-corrected chi connectivity index (χ0v) is 9.61. The molecule has 2 aliphatic heterocycles. The summed E-state index contributed by atoms with van der Waals surface area (Å²) in [6, 6.07) is 0. The third-order valence-electron chi connectivity index (χ3n) is 3.43. The number of hydrogen-bond acceptors (Lipinski definition) is 4. The number of amides is 1. The zero-order chi connectivity index (χ0) is 12.3. The van der Waals surface area contributed by atoms with Crippen LogP contribution in [-0.4, -0.2) is 50.0 Å². The van der Waals surface area contributed by atoms with Gasteiger partial charge < -0.3 is 19.9 Å². The van der Waals surface area contributed by atoms with E-state index in [9.17, 15) is 9.59 Å². The molecule has 0 aromatic carbocycles. The molecule has 0 aromatic rings. The molecule has 0 atom stereocenters. The fourth-order valence-corrected chi connectivity index (χ4v) is 2.01. The quantitative estimate of drug-likeness (QED) is 0.658. The van der Waals surface area contributed by atoms with Gasteiger partial charge in [-0.25, -0.2) is 0 Å². The van der Waals surface area contributed by atoms with E-state index in [1.165, 1.54) is 0 Å². The highest BCUT2D eigenvalue weighted by Crippen LogP contribution is 2.28. The Morgan fingerprint density at radius 3 is 2.35 bits per heavy atom. The Hall–Kier alpha value is -1.14. The van der Waals surface area contributed by atoms with Crippen LogP contribution in [0.15, 0.2) is 0 Å². The molecule has 0 aromatic heterocycles. The molecule has 0 radical (unpaired) electrons. The van der Waals surface area contributed by atoms with Gasteiger partial charge >= 0.3 is 5.97 Å². The minimum atomic E-state index is -1.36. The predicted molar refractivity (Wildman–Crippen MR) is 57.4 cm³/mol. The summed E-state index contributed by atoms with van der Waals surface area (Å²) >= 11 is 0. The molecule has 6 nitrogen and oxygen atoms in total. The van der Waals surface area contributed by atoms with Gasteiger partial charge in [0, 0.05) is 19.8 Å². The first-order valence-electron chi connectivity index (χ1n) is 5.82. The third kappa shape index (κ3) is 2.42. The van der Waals surface area contributed by atoms with Crippen LogP contribution in [0.4, 0.5) is 0 Å². The summed E-state index contributed by atoms with van der Waals surface area (Å²) in [4.78, 5) is 22.9. The van der Waals surface area contributed by atoms with Gasteiger partial charge in [0.15, 0.2) is 5.41 Å². The summed E-state index contributed by atoms with van der Waals surface area (Å²) in [7, 11) is 0. The number of nitrogens with one attached hydrogen (secondary N) is 1. The molecule has 2 fully saturated rings. The van der Waals surface area contributed by atoms with E-state index >= 15 is 0 Å². The van der Waals surface area contributed by atoms with Crippen molar-refractivity contribution < 1.29 is 24.2 Å². The molecule has 17 heavy (non-hydrogen) atoms. The number of carbonyl (C=O) groups is 2. The third-order valence-corrected chi connectivity index (χ3v) is 3.43. The maximum atomic E-state index is 11.8. The summed E-state index contributed by atoms with van der Waals surface area (Å²) in [5.41, 5.74) is -1.36. The second-order valence-electron chi connectivity index (χ2n) is 4.65. The Morgan fingerprint density at radius 1 is 1.24 bits per heavy atom. The van der Waals surface area contributed by atoms with Gasteiger partial charge in [-0.05, 0) is 18.8 Å². The van der Waals surface area contributed by atoms with Crippen molar-refractivity contribution in [3.05, 3.63) is 0 Å². The zero-order valence-electron chi connectivity index (χ0n) is 9.61. The molecule has 2 N–H and O–H groups in total. The molecule has 2 rings (SSSR count). The van der Waals surface area contributed by atoms with E-state index in [1.807, 2.05) is 0 Å². The summed E-state index contributed by atoms with van der Waals surface area (Å²) in [6.45, 7) is 1.91. The summed E-state index contributed by atoms with van der Waals surface area (Å²) in [6.07, 6.45) is 1.83. The molecule has 0 spiro atoms. The van der Waals surface area contributed by atoms with Crippen LogP contribution in [0.25, 0.3) is 0 Å². The largest absolute Gasteiger partial charge is 0.480 e. The van der Waals surface area contributed by atoms with Gasteiger partial charge in [0.05, 0.1) is 13.2 Å². The first-order chi connectivity index (χ1) is 8.15. The molecule has 0 unspecified atom stereocenters. The molecular weight excluding hydrogens is 226 g/mol. The van der Waals surface area contributed by atoms with Crippen molar-refractivity contribution in [1.29, 1.82) is 0 Å². The minimum absolute atomic E-state index is 0.0258. The van der Waals surface area contributed by atoms with Gasteiger partial charge in [-0.1, -0.05) is 0 Å². The Morgan fingerprint density at radius 2 is 1.88 bits per heavy atom. The summed E-state index contributed by atoms with van der Waals surface area (Å²) < 4.78 is 10.1. The average Bonchev–Trinajstić information content (AvgIpc) is 2.25. The fraction of sp³-hybridized carbons (Fsp3) is 0.818. The second-order valence-corrected chi connectivity index (χ2v) is 4.65. The van der Waals surface area contributed by atoms with Crippen molar-refractivity contribution >= 4 is 11.9 Å². The van der Waals surface area contributed by atoms with Crippen LogP contribution in [0.1, 0.15) is 12.8 Å². The van der Waals surface area contributed by atoms with E-state index in [0.29, 0.717) is 25.7 Å². The van der Waals surface area contributed by atoms with E-state index in [0.717, 1.165) is 12.8 Å². The van der Waals surface area contributed by atoms with Crippen molar-refractivity contribution in [3.8, 4) is 0 Å². The number of ether oxygens (including phenoxy) is 2. The Labute approximate surface area is 99.3 Å². The standard InChI is InChI=1S/C11H17NO5/c13-9(11(10(14)15)6-17-7-11)12-5-8-1-3-16-4-2-8/h8H,1-7H2,(H,12,13)(H,14,15). The maximum Gasteiger partial charge on any atom is 0.324 e. The van der Waals surface area contributed by atoms with Crippen LogP contribution >= 0.6 is 0 Å². The van der Waals surface area contributed by atoms with Gasteiger partial charge in [-0.2, -0.15) is 0 Å². The summed E-state index contributed by atoms with van der Waals surface area (Å²) in [5.74, 6) is -1.14. The lowest BCUT2D eigenvalue weighted by Gasteiger charge is -2.36. The number of hydrogen-bond donors (Lipinski definition) is 2. The van der Waals surface area contributed by atoms with Crippen molar-refractivity contribution in [2.45, 2.75) is 12.8 Å². The van der Waals surface area contributed by atoms with E-state index < -0.39 is 17.3 Å². The van der Waals surface area contributed by atoms with E-state index in [2.05, 4.69) is 5.32 Å². The van der Waals surface area contributed by atoms with E-state index in [4.69, 9.17) is 14.6 Å². The topological polar surface area (TPSA) is 84.9 Å². The van der Waals surface area contributed by atoms with Crippen LogP contribution in [0.2, 0.25) is 0 Å². The van der Waals surface area contributed by atoms with Crippen LogP contribution in [-0.2, 0) is 19.1 Å². The lowest BCUT2D eigenvalue weighted by Crippen LogP contribution is -2.59. The SMILES string of the molecule is O=C(O)C1(C(=O)NCC2CCOCC2)COC1. The number of carbonyl (C=O) groups excluding carboxylic acids is 1. The molecule has 96 valence electrons. The smallest absolute Gasteiger partial charge is 0.324 e. The molecule has 6 heteroatoms. The van der Waals surface area contributed by atoms with Crippen LogP contribution in [0, 0.1) is 11.3 Å². The predicted octanol–water partition coefficient (Wildman–Crippen LogP) is -0.370. The lowest BCUT2D eigenvalue weighted by molar-refractivity contribution is -0.185. The number of carboxylic acid groups (broad SMARTS) is 1. The molecule has 1 amide bonds. The van der Waals surface area contributed by atoms with Crippen molar-refractivity contribution in [2.75, 3.05) is 33.0 Å². The normalized spacial score (nSPS) is 23.8. The van der Waals surface area contributed by atoms with Gasteiger partial charge in [0.2, 0.25) is 5.91 Å². The molecular formula is C11H17NO5. The van der Waals surface area contributed by atoms with Crippen molar-refractivity contribution in [1.82, 2.24) is 5.32 Å². The number of carboxylic acids is 1. The summed E-state index contributed by atoms with van der Waals surface area (Å²) in [5, 5.41) is 11.8. The highest BCUT2D eigenvalue weighted by Gasteiger charge is 2.53. The molecule has 2 saturated heterocycles.